The van der Waals surface area contributed by atoms with Crippen LogP contribution < -0.4 is 5.73 Å². The van der Waals surface area contributed by atoms with Gasteiger partial charge in [0.2, 0.25) is 0 Å². The van der Waals surface area contributed by atoms with Gasteiger partial charge in [0.25, 0.3) is 0 Å². The molecule has 0 aromatic heterocycles. The molecule has 0 aromatic carbocycles. The molecule has 0 unspecified atom stereocenters. The van der Waals surface area contributed by atoms with Crippen LogP contribution in [0.25, 0.3) is 0 Å². The number of rotatable bonds is 4. The van der Waals surface area contributed by atoms with Crippen molar-refractivity contribution in [1.82, 2.24) is 0 Å². The molecule has 5 heteroatoms. The molecular weight excluding hydrogens is 340 g/mol. The highest BCUT2D eigenvalue weighted by Gasteiger charge is 2.61. The minimum atomic E-state index is -0.258. The van der Waals surface area contributed by atoms with E-state index in [1.54, 1.807) is 0 Å². The molecule has 27 heavy (non-hydrogen) atoms. The van der Waals surface area contributed by atoms with Crippen molar-refractivity contribution in [3.8, 4) is 0 Å². The van der Waals surface area contributed by atoms with Crippen LogP contribution in [0.5, 0.6) is 0 Å². The lowest BCUT2D eigenvalue weighted by molar-refractivity contribution is -0.153. The first kappa shape index (κ1) is 19.7. The van der Waals surface area contributed by atoms with E-state index in [2.05, 4.69) is 19.0 Å². The molecule has 0 aromatic rings. The predicted octanol–water partition coefficient (Wildman–Crippen LogP) is 3.08. The lowest BCUT2D eigenvalue weighted by Crippen LogP contribution is -2.58. The first-order chi connectivity index (χ1) is 12.9. The van der Waals surface area contributed by atoms with Crippen LogP contribution in [0.1, 0.15) is 71.6 Å². The molecule has 4 aliphatic rings. The molecule has 4 saturated carbocycles. The third-order valence-electron chi connectivity index (χ3n) is 9.10. The second-order valence-corrected chi connectivity index (χ2v) is 10.3. The minimum absolute atomic E-state index is 0.0716. The number of aliphatic hydroxyl groups excluding tert-OH is 2. The van der Waals surface area contributed by atoms with Gasteiger partial charge in [0, 0.05) is 0 Å². The Hall–Kier alpha value is -0.650. The molecule has 8 atom stereocenters. The highest BCUT2D eigenvalue weighted by atomic mass is 16.6. The van der Waals surface area contributed by atoms with Gasteiger partial charge in [0.15, 0.2) is 0 Å². The Kier molecular flexibility index (Phi) is 5.32. The third kappa shape index (κ3) is 3.14. The summed E-state index contributed by atoms with van der Waals surface area (Å²) < 4.78 is 0. The standard InChI is InChI=1S/C22H38N2O3/c1-21-8-6-14(24-27-11-3-10-23)12-18(21)19(25)13-15-16-4-5-20(26)22(16,2)9-7-17(15)21/h15-20,25-26H,3-13,23H2,1-2H3/b24-14-/t15-,16-,17-,18-,19-,20-,21+,22-/m0/s1. The smallest absolute Gasteiger partial charge is 0.118 e. The molecule has 0 bridgehead atoms. The Balaban J connectivity index is 1.51. The minimum Gasteiger partial charge on any atom is -0.396 e. The van der Waals surface area contributed by atoms with E-state index in [0.29, 0.717) is 36.8 Å². The third-order valence-corrected chi connectivity index (χ3v) is 9.10. The van der Waals surface area contributed by atoms with Gasteiger partial charge in [-0.3, -0.25) is 0 Å². The fourth-order valence-electron chi connectivity index (χ4n) is 7.44. The van der Waals surface area contributed by atoms with Crippen LogP contribution in [0, 0.1) is 34.5 Å². The normalized spacial score (nSPS) is 50.8. The molecule has 0 radical (unpaired) electrons. The first-order valence-electron chi connectivity index (χ1n) is 11.1. The zero-order valence-electron chi connectivity index (χ0n) is 17.1. The van der Waals surface area contributed by atoms with Crippen molar-refractivity contribution >= 4 is 5.71 Å². The average Bonchev–Trinajstić information content (AvgIpc) is 2.95. The van der Waals surface area contributed by atoms with E-state index in [1.807, 2.05) is 0 Å². The quantitative estimate of drug-likeness (QED) is 0.518. The van der Waals surface area contributed by atoms with Crippen molar-refractivity contribution < 1.29 is 15.1 Å². The van der Waals surface area contributed by atoms with Crippen LogP contribution in [0.15, 0.2) is 5.16 Å². The monoisotopic (exact) mass is 378 g/mol. The first-order valence-corrected chi connectivity index (χ1v) is 11.1. The summed E-state index contributed by atoms with van der Waals surface area (Å²) in [7, 11) is 0. The summed E-state index contributed by atoms with van der Waals surface area (Å²) in [5.74, 6) is 2.11. The molecule has 0 saturated heterocycles. The molecule has 0 aliphatic heterocycles. The number of nitrogens with zero attached hydrogens (tertiary/aromatic N) is 1. The predicted molar refractivity (Wildman–Crippen MR) is 106 cm³/mol. The highest BCUT2D eigenvalue weighted by Crippen LogP contribution is 2.65. The number of hydrogen-bond donors (Lipinski definition) is 3. The molecule has 0 heterocycles. The van der Waals surface area contributed by atoms with E-state index in [1.165, 1.54) is 6.42 Å². The maximum absolute atomic E-state index is 11.1. The molecule has 0 spiro atoms. The molecule has 4 N–H and O–H groups in total. The van der Waals surface area contributed by atoms with Crippen LogP contribution in [0.2, 0.25) is 0 Å². The Labute approximate surface area is 163 Å². The number of aliphatic hydroxyl groups is 2. The van der Waals surface area contributed by atoms with Gasteiger partial charge in [0.1, 0.15) is 6.61 Å². The highest BCUT2D eigenvalue weighted by molar-refractivity contribution is 5.85. The zero-order valence-corrected chi connectivity index (χ0v) is 17.1. The van der Waals surface area contributed by atoms with Gasteiger partial charge in [-0.2, -0.15) is 0 Å². The fourth-order valence-corrected chi connectivity index (χ4v) is 7.44. The van der Waals surface area contributed by atoms with Crippen molar-refractivity contribution in [2.24, 2.45) is 45.4 Å². The Morgan fingerprint density at radius 3 is 2.63 bits per heavy atom. The summed E-state index contributed by atoms with van der Waals surface area (Å²) in [5.41, 5.74) is 6.88. The summed E-state index contributed by atoms with van der Waals surface area (Å²) in [6.07, 6.45) is 8.69. The van der Waals surface area contributed by atoms with Crippen LogP contribution in [-0.4, -0.2) is 41.3 Å². The zero-order chi connectivity index (χ0) is 19.2. The van der Waals surface area contributed by atoms with Crippen molar-refractivity contribution in [1.29, 1.82) is 0 Å². The average molecular weight is 379 g/mol. The molecular formula is C22H38N2O3. The van der Waals surface area contributed by atoms with Crippen LogP contribution >= 0.6 is 0 Å². The molecule has 4 rings (SSSR count). The van der Waals surface area contributed by atoms with E-state index in [4.69, 9.17) is 10.6 Å². The van der Waals surface area contributed by atoms with Gasteiger partial charge < -0.3 is 20.8 Å². The van der Waals surface area contributed by atoms with Gasteiger partial charge in [-0.05, 0) is 98.8 Å². The van der Waals surface area contributed by atoms with E-state index in [9.17, 15) is 10.2 Å². The molecule has 4 fully saturated rings. The van der Waals surface area contributed by atoms with Gasteiger partial charge in [-0.1, -0.05) is 19.0 Å². The van der Waals surface area contributed by atoms with Crippen molar-refractivity contribution in [3.63, 3.8) is 0 Å². The Morgan fingerprint density at radius 2 is 1.85 bits per heavy atom. The van der Waals surface area contributed by atoms with Gasteiger partial charge in [-0.15, -0.1) is 0 Å². The van der Waals surface area contributed by atoms with Crippen molar-refractivity contribution in [2.45, 2.75) is 83.8 Å². The SMILES string of the molecule is C[C@]12CC/C(=N/OCCCN)C[C@H]1[C@@H](O)C[C@@H]1[C@@H]2CC[C@]2(C)[C@@H](O)CC[C@@H]12. The molecule has 154 valence electrons. The molecule has 4 aliphatic carbocycles. The number of nitrogens with two attached hydrogens (primary N) is 1. The van der Waals surface area contributed by atoms with E-state index >= 15 is 0 Å². The lowest BCUT2D eigenvalue weighted by atomic mass is 9.44. The summed E-state index contributed by atoms with van der Waals surface area (Å²) in [4.78, 5) is 5.45. The maximum atomic E-state index is 11.1. The van der Waals surface area contributed by atoms with Gasteiger partial charge >= 0.3 is 0 Å². The number of oxime groups is 1. The van der Waals surface area contributed by atoms with E-state index in [-0.39, 0.29) is 23.0 Å². The second kappa shape index (κ2) is 7.31. The summed E-state index contributed by atoms with van der Waals surface area (Å²) in [6, 6.07) is 0. The van der Waals surface area contributed by atoms with Crippen molar-refractivity contribution in [2.75, 3.05) is 13.2 Å². The Bertz CT molecular complexity index is 582. The topological polar surface area (TPSA) is 88.1 Å². The largest absolute Gasteiger partial charge is 0.396 e. The Morgan fingerprint density at radius 1 is 1.07 bits per heavy atom. The van der Waals surface area contributed by atoms with E-state index in [0.717, 1.165) is 57.1 Å². The van der Waals surface area contributed by atoms with Crippen LogP contribution in [0.3, 0.4) is 0 Å². The van der Waals surface area contributed by atoms with E-state index < -0.39 is 0 Å². The summed E-state index contributed by atoms with van der Waals surface area (Å²) in [6.45, 7) is 5.94. The molecule has 0 amide bonds. The summed E-state index contributed by atoms with van der Waals surface area (Å²) >= 11 is 0. The number of fused-ring (bicyclic) bond motifs is 5. The van der Waals surface area contributed by atoms with Gasteiger partial charge in [-0.25, -0.2) is 0 Å². The lowest BCUT2D eigenvalue weighted by Gasteiger charge is -2.61. The van der Waals surface area contributed by atoms with Crippen LogP contribution in [-0.2, 0) is 4.84 Å². The fraction of sp³-hybridized carbons (Fsp3) is 0.955. The number of hydrogen-bond acceptors (Lipinski definition) is 5. The maximum Gasteiger partial charge on any atom is 0.118 e. The second-order valence-electron chi connectivity index (χ2n) is 10.3. The van der Waals surface area contributed by atoms with Crippen LogP contribution in [0.4, 0.5) is 0 Å². The van der Waals surface area contributed by atoms with Crippen molar-refractivity contribution in [3.05, 3.63) is 0 Å². The van der Waals surface area contributed by atoms with Gasteiger partial charge in [0.05, 0.1) is 17.9 Å². The summed E-state index contributed by atoms with van der Waals surface area (Å²) in [5, 5.41) is 26.1. The molecule has 5 nitrogen and oxygen atoms in total.